The zero-order valence-corrected chi connectivity index (χ0v) is 18.3. The molecule has 0 aliphatic heterocycles. The Balaban J connectivity index is 1.57. The van der Waals surface area contributed by atoms with E-state index in [0.717, 1.165) is 0 Å². The monoisotopic (exact) mass is 464 g/mol. The summed E-state index contributed by atoms with van der Waals surface area (Å²) in [6.45, 7) is 1.54. The van der Waals surface area contributed by atoms with Gasteiger partial charge in [-0.05, 0) is 43.3 Å². The third-order valence-corrected chi connectivity index (χ3v) is 5.78. The molecule has 5 aromatic rings. The van der Waals surface area contributed by atoms with Crippen LogP contribution in [0.3, 0.4) is 0 Å². The van der Waals surface area contributed by atoms with Crippen LogP contribution in [-0.4, -0.2) is 24.3 Å². The summed E-state index contributed by atoms with van der Waals surface area (Å²) in [4.78, 5) is 17.8. The number of benzene rings is 2. The van der Waals surface area contributed by atoms with Gasteiger partial charge < -0.3 is 14.1 Å². The third kappa shape index (κ3) is 3.73. The van der Waals surface area contributed by atoms with Crippen LogP contribution in [0.15, 0.2) is 70.1 Å². The first kappa shape index (κ1) is 21.1. The van der Waals surface area contributed by atoms with E-state index >= 15 is 0 Å². The summed E-state index contributed by atoms with van der Waals surface area (Å²) >= 11 is 6.26. The number of fused-ring (bicyclic) bond motifs is 1. The maximum Gasteiger partial charge on any atom is 0.277 e. The summed E-state index contributed by atoms with van der Waals surface area (Å²) in [7, 11) is 0. The van der Waals surface area contributed by atoms with Crippen molar-refractivity contribution in [2.75, 3.05) is 0 Å². The Kier molecular flexibility index (Phi) is 5.32. The van der Waals surface area contributed by atoms with Crippen LogP contribution >= 0.6 is 11.6 Å². The van der Waals surface area contributed by atoms with Crippen LogP contribution in [0.4, 0.5) is 4.39 Å². The van der Waals surface area contributed by atoms with Crippen molar-refractivity contribution in [1.29, 1.82) is 0 Å². The Hall–Kier alpha value is -3.75. The SMILES string of the molecule is Cc1oc(-c2ccccc2Cl)nc1Cn1ccn2nc(-c3ccc(F)cc3)c(CO)c2c1=O. The Bertz CT molecular complexity index is 1540. The molecule has 166 valence electrons. The molecule has 0 aliphatic carbocycles. The molecule has 0 aliphatic rings. The zero-order valence-electron chi connectivity index (χ0n) is 17.5. The molecule has 0 fully saturated rings. The van der Waals surface area contributed by atoms with Crippen LogP contribution in [0.25, 0.3) is 28.2 Å². The van der Waals surface area contributed by atoms with Gasteiger partial charge in [-0.1, -0.05) is 23.7 Å². The molecule has 3 heterocycles. The van der Waals surface area contributed by atoms with E-state index in [9.17, 15) is 14.3 Å². The predicted octanol–water partition coefficient (Wildman–Crippen LogP) is 4.46. The van der Waals surface area contributed by atoms with E-state index in [0.29, 0.717) is 44.8 Å². The fourth-order valence-electron chi connectivity index (χ4n) is 3.75. The average molecular weight is 465 g/mol. The minimum absolute atomic E-state index is 0.164. The second-order valence-electron chi connectivity index (χ2n) is 7.52. The molecule has 0 amide bonds. The number of oxazole rings is 1. The lowest BCUT2D eigenvalue weighted by Gasteiger charge is -2.05. The van der Waals surface area contributed by atoms with E-state index in [1.807, 2.05) is 18.2 Å². The number of rotatable bonds is 5. The lowest BCUT2D eigenvalue weighted by molar-refractivity contribution is 0.283. The number of hydrogen-bond acceptors (Lipinski definition) is 5. The minimum Gasteiger partial charge on any atom is -0.441 e. The second-order valence-corrected chi connectivity index (χ2v) is 7.93. The highest BCUT2D eigenvalue weighted by Crippen LogP contribution is 2.29. The van der Waals surface area contributed by atoms with Gasteiger partial charge in [0.15, 0.2) is 0 Å². The molecular formula is C24H18ClFN4O3. The molecule has 0 atom stereocenters. The number of aromatic nitrogens is 4. The van der Waals surface area contributed by atoms with Crippen LogP contribution in [0.5, 0.6) is 0 Å². The predicted molar refractivity (Wildman–Crippen MR) is 122 cm³/mol. The Morgan fingerprint density at radius 3 is 2.61 bits per heavy atom. The zero-order chi connectivity index (χ0) is 23.1. The fraction of sp³-hybridized carbons (Fsp3) is 0.125. The Morgan fingerprint density at radius 2 is 1.88 bits per heavy atom. The molecular weight excluding hydrogens is 447 g/mol. The molecule has 2 aromatic carbocycles. The molecule has 5 rings (SSSR count). The van der Waals surface area contributed by atoms with Crippen molar-refractivity contribution in [2.24, 2.45) is 0 Å². The van der Waals surface area contributed by atoms with E-state index in [2.05, 4.69) is 10.1 Å². The van der Waals surface area contributed by atoms with Gasteiger partial charge in [0.05, 0.1) is 29.4 Å². The third-order valence-electron chi connectivity index (χ3n) is 5.45. The number of aryl methyl sites for hydroxylation is 1. The van der Waals surface area contributed by atoms with Crippen molar-refractivity contribution in [1.82, 2.24) is 19.2 Å². The van der Waals surface area contributed by atoms with Gasteiger partial charge in [-0.2, -0.15) is 5.10 Å². The van der Waals surface area contributed by atoms with Crippen molar-refractivity contribution in [3.63, 3.8) is 0 Å². The minimum atomic E-state index is -0.394. The number of aliphatic hydroxyl groups is 1. The maximum atomic E-state index is 13.3. The number of aliphatic hydroxyl groups excluding tert-OH is 1. The molecule has 7 nitrogen and oxygen atoms in total. The van der Waals surface area contributed by atoms with E-state index in [4.69, 9.17) is 16.0 Å². The molecule has 3 aromatic heterocycles. The summed E-state index contributed by atoms with van der Waals surface area (Å²) in [5, 5.41) is 15.0. The van der Waals surface area contributed by atoms with Gasteiger partial charge in [0, 0.05) is 23.5 Å². The van der Waals surface area contributed by atoms with E-state index < -0.39 is 6.61 Å². The van der Waals surface area contributed by atoms with E-state index in [-0.39, 0.29) is 23.4 Å². The highest BCUT2D eigenvalue weighted by molar-refractivity contribution is 6.33. The highest BCUT2D eigenvalue weighted by atomic mass is 35.5. The van der Waals surface area contributed by atoms with E-state index in [1.54, 1.807) is 37.5 Å². The first-order valence-electron chi connectivity index (χ1n) is 10.1. The molecule has 0 radical (unpaired) electrons. The molecule has 0 spiro atoms. The van der Waals surface area contributed by atoms with Gasteiger partial charge in [-0.3, -0.25) is 4.79 Å². The molecule has 33 heavy (non-hydrogen) atoms. The topological polar surface area (TPSA) is 85.6 Å². The standard InChI is InChI=1S/C24H18ClFN4O3/c1-14-20(27-23(33-14)17-4-2-3-5-19(17)25)12-29-10-11-30-22(24(29)32)18(13-31)21(28-30)15-6-8-16(26)9-7-15/h2-11,31H,12-13H2,1H3. The maximum absolute atomic E-state index is 13.3. The highest BCUT2D eigenvalue weighted by Gasteiger charge is 2.19. The number of halogens is 2. The Labute approximate surface area is 192 Å². The largest absolute Gasteiger partial charge is 0.441 e. The molecule has 0 bridgehead atoms. The van der Waals surface area contributed by atoms with Gasteiger partial charge in [0.25, 0.3) is 5.56 Å². The van der Waals surface area contributed by atoms with Crippen LogP contribution < -0.4 is 5.56 Å². The van der Waals surface area contributed by atoms with Crippen LogP contribution in [0.2, 0.25) is 5.02 Å². The normalized spacial score (nSPS) is 11.4. The molecule has 1 N–H and O–H groups in total. The molecule has 9 heteroatoms. The second kappa shape index (κ2) is 8.31. The molecule has 0 unspecified atom stereocenters. The van der Waals surface area contributed by atoms with Crippen molar-refractivity contribution in [3.8, 4) is 22.7 Å². The first-order valence-corrected chi connectivity index (χ1v) is 10.5. The lowest BCUT2D eigenvalue weighted by Crippen LogP contribution is -2.23. The summed E-state index contributed by atoms with van der Waals surface area (Å²) in [6, 6.07) is 13.0. The van der Waals surface area contributed by atoms with Crippen molar-refractivity contribution >= 4 is 17.1 Å². The van der Waals surface area contributed by atoms with Gasteiger partial charge in [-0.25, -0.2) is 13.9 Å². The quantitative estimate of drug-likeness (QED) is 0.415. The number of nitrogens with zero attached hydrogens (tertiary/aromatic N) is 4. The smallest absolute Gasteiger partial charge is 0.277 e. The van der Waals surface area contributed by atoms with Crippen LogP contribution in [-0.2, 0) is 13.2 Å². The van der Waals surface area contributed by atoms with Crippen molar-refractivity contribution < 1.29 is 13.9 Å². The fourth-order valence-corrected chi connectivity index (χ4v) is 3.97. The van der Waals surface area contributed by atoms with Crippen molar-refractivity contribution in [3.05, 3.63) is 99.1 Å². The lowest BCUT2D eigenvalue weighted by atomic mass is 10.1. The summed E-state index contributed by atoms with van der Waals surface area (Å²) < 4.78 is 22.0. The van der Waals surface area contributed by atoms with E-state index in [1.165, 1.54) is 21.2 Å². The molecule has 0 saturated heterocycles. The van der Waals surface area contributed by atoms with Gasteiger partial charge in [0.1, 0.15) is 22.8 Å². The summed E-state index contributed by atoms with van der Waals surface area (Å²) in [5.41, 5.74) is 2.54. The van der Waals surface area contributed by atoms with Gasteiger partial charge in [-0.15, -0.1) is 0 Å². The Morgan fingerprint density at radius 1 is 1.12 bits per heavy atom. The summed E-state index contributed by atoms with van der Waals surface area (Å²) in [5.74, 6) is 0.565. The molecule has 0 saturated carbocycles. The first-order chi connectivity index (χ1) is 16.0. The van der Waals surface area contributed by atoms with Gasteiger partial charge >= 0.3 is 0 Å². The summed E-state index contributed by atoms with van der Waals surface area (Å²) in [6.07, 6.45) is 3.23. The van der Waals surface area contributed by atoms with Gasteiger partial charge in [0.2, 0.25) is 5.89 Å². The number of hydrogen-bond donors (Lipinski definition) is 1. The van der Waals surface area contributed by atoms with Crippen molar-refractivity contribution in [2.45, 2.75) is 20.1 Å². The van der Waals surface area contributed by atoms with Crippen LogP contribution in [0, 0.1) is 12.7 Å². The van der Waals surface area contributed by atoms with Crippen LogP contribution in [0.1, 0.15) is 17.0 Å². The average Bonchev–Trinajstić information content (AvgIpc) is 3.37.